The summed E-state index contributed by atoms with van der Waals surface area (Å²) in [5.41, 5.74) is 7.34. The molecule has 1 amide bonds. The SMILES string of the molecule is NC1COCC1C(=O)N1CCC(Cc2ccccc2)CC1. The van der Waals surface area contributed by atoms with Gasteiger partial charge in [-0.2, -0.15) is 0 Å². The first-order valence-corrected chi connectivity index (χ1v) is 7.90. The number of hydrogen-bond acceptors (Lipinski definition) is 3. The number of benzene rings is 1. The van der Waals surface area contributed by atoms with Crippen molar-refractivity contribution in [3.8, 4) is 0 Å². The lowest BCUT2D eigenvalue weighted by Crippen LogP contribution is -2.46. The number of rotatable bonds is 3. The Morgan fingerprint density at radius 1 is 1.19 bits per heavy atom. The van der Waals surface area contributed by atoms with Crippen LogP contribution in [0.25, 0.3) is 0 Å². The van der Waals surface area contributed by atoms with E-state index in [1.54, 1.807) is 0 Å². The maximum Gasteiger partial charge on any atom is 0.229 e. The number of piperidine rings is 1. The molecular weight excluding hydrogens is 264 g/mol. The van der Waals surface area contributed by atoms with Gasteiger partial charge in [0.2, 0.25) is 5.91 Å². The second kappa shape index (κ2) is 6.58. The average molecular weight is 288 g/mol. The molecule has 2 unspecified atom stereocenters. The predicted molar refractivity (Wildman–Crippen MR) is 81.7 cm³/mol. The highest BCUT2D eigenvalue weighted by molar-refractivity contribution is 5.80. The molecule has 2 aliphatic rings. The van der Waals surface area contributed by atoms with Crippen LogP contribution in [0.1, 0.15) is 18.4 Å². The van der Waals surface area contributed by atoms with E-state index in [9.17, 15) is 4.79 Å². The van der Waals surface area contributed by atoms with Gasteiger partial charge in [-0.05, 0) is 30.7 Å². The summed E-state index contributed by atoms with van der Waals surface area (Å²) < 4.78 is 5.31. The summed E-state index contributed by atoms with van der Waals surface area (Å²) >= 11 is 0. The van der Waals surface area contributed by atoms with E-state index in [1.807, 2.05) is 4.90 Å². The maximum absolute atomic E-state index is 12.4. The zero-order valence-electron chi connectivity index (χ0n) is 12.4. The molecule has 0 aromatic heterocycles. The minimum absolute atomic E-state index is 0.125. The Balaban J connectivity index is 1.50. The monoisotopic (exact) mass is 288 g/mol. The Bertz CT molecular complexity index is 469. The summed E-state index contributed by atoms with van der Waals surface area (Å²) in [7, 11) is 0. The first kappa shape index (κ1) is 14.5. The number of likely N-dealkylation sites (tertiary alicyclic amines) is 1. The van der Waals surface area contributed by atoms with Gasteiger partial charge in [-0.25, -0.2) is 0 Å². The highest BCUT2D eigenvalue weighted by Crippen LogP contribution is 2.24. The maximum atomic E-state index is 12.4. The van der Waals surface area contributed by atoms with Crippen molar-refractivity contribution in [2.75, 3.05) is 26.3 Å². The van der Waals surface area contributed by atoms with Crippen molar-refractivity contribution in [3.63, 3.8) is 0 Å². The zero-order chi connectivity index (χ0) is 14.7. The quantitative estimate of drug-likeness (QED) is 0.915. The van der Waals surface area contributed by atoms with E-state index in [0.29, 0.717) is 19.1 Å². The van der Waals surface area contributed by atoms with Gasteiger partial charge < -0.3 is 15.4 Å². The van der Waals surface area contributed by atoms with E-state index >= 15 is 0 Å². The molecular formula is C17H24N2O2. The number of amides is 1. The molecule has 2 saturated heterocycles. The van der Waals surface area contributed by atoms with Crippen molar-refractivity contribution in [2.24, 2.45) is 17.6 Å². The van der Waals surface area contributed by atoms with Crippen molar-refractivity contribution in [1.29, 1.82) is 0 Å². The van der Waals surface area contributed by atoms with Crippen molar-refractivity contribution in [2.45, 2.75) is 25.3 Å². The molecule has 114 valence electrons. The van der Waals surface area contributed by atoms with Crippen LogP contribution in [0, 0.1) is 11.8 Å². The van der Waals surface area contributed by atoms with E-state index < -0.39 is 0 Å². The van der Waals surface area contributed by atoms with E-state index in [2.05, 4.69) is 30.3 Å². The van der Waals surface area contributed by atoms with Crippen LogP contribution in [0.2, 0.25) is 0 Å². The molecule has 0 spiro atoms. The summed E-state index contributed by atoms with van der Waals surface area (Å²) in [6.45, 7) is 2.73. The zero-order valence-corrected chi connectivity index (χ0v) is 12.4. The van der Waals surface area contributed by atoms with Crippen LogP contribution in [-0.4, -0.2) is 43.2 Å². The fourth-order valence-electron chi connectivity index (χ4n) is 3.36. The Hall–Kier alpha value is -1.39. The summed E-state index contributed by atoms with van der Waals surface area (Å²) in [5.74, 6) is 0.749. The summed E-state index contributed by atoms with van der Waals surface area (Å²) in [6.07, 6.45) is 3.29. The van der Waals surface area contributed by atoms with E-state index in [4.69, 9.17) is 10.5 Å². The first-order valence-electron chi connectivity index (χ1n) is 7.90. The molecule has 0 bridgehead atoms. The number of ether oxygens (including phenoxy) is 1. The van der Waals surface area contributed by atoms with Crippen molar-refractivity contribution < 1.29 is 9.53 Å². The molecule has 0 saturated carbocycles. The van der Waals surface area contributed by atoms with Crippen LogP contribution in [0.15, 0.2) is 30.3 Å². The molecule has 3 rings (SSSR count). The Labute approximate surface area is 126 Å². The summed E-state index contributed by atoms with van der Waals surface area (Å²) in [4.78, 5) is 14.4. The largest absolute Gasteiger partial charge is 0.379 e. The Kier molecular flexibility index (Phi) is 4.56. The van der Waals surface area contributed by atoms with Crippen molar-refractivity contribution in [1.82, 2.24) is 4.90 Å². The molecule has 2 fully saturated rings. The minimum atomic E-state index is -0.129. The van der Waals surface area contributed by atoms with Crippen LogP contribution in [0.5, 0.6) is 0 Å². The molecule has 4 heteroatoms. The van der Waals surface area contributed by atoms with Crippen molar-refractivity contribution >= 4 is 5.91 Å². The molecule has 2 atom stereocenters. The fourth-order valence-corrected chi connectivity index (χ4v) is 3.36. The van der Waals surface area contributed by atoms with Crippen LogP contribution in [0.4, 0.5) is 0 Å². The van der Waals surface area contributed by atoms with Gasteiger partial charge in [0.15, 0.2) is 0 Å². The van der Waals surface area contributed by atoms with Crippen LogP contribution < -0.4 is 5.73 Å². The van der Waals surface area contributed by atoms with Crippen LogP contribution in [-0.2, 0) is 16.0 Å². The lowest BCUT2D eigenvalue weighted by atomic mass is 9.89. The smallest absolute Gasteiger partial charge is 0.229 e. The van der Waals surface area contributed by atoms with Crippen LogP contribution >= 0.6 is 0 Å². The van der Waals surface area contributed by atoms with E-state index in [0.717, 1.165) is 32.4 Å². The molecule has 4 nitrogen and oxygen atoms in total. The molecule has 2 N–H and O–H groups in total. The van der Waals surface area contributed by atoms with Gasteiger partial charge in [-0.3, -0.25) is 4.79 Å². The van der Waals surface area contributed by atoms with Gasteiger partial charge >= 0.3 is 0 Å². The number of carbonyl (C=O) groups excluding carboxylic acids is 1. The van der Waals surface area contributed by atoms with E-state index in [1.165, 1.54) is 5.56 Å². The van der Waals surface area contributed by atoms with Gasteiger partial charge in [-0.15, -0.1) is 0 Å². The molecule has 0 radical (unpaired) electrons. The highest BCUT2D eigenvalue weighted by Gasteiger charge is 2.35. The fraction of sp³-hybridized carbons (Fsp3) is 0.588. The number of carbonyl (C=O) groups is 1. The lowest BCUT2D eigenvalue weighted by Gasteiger charge is -2.34. The normalized spacial score (nSPS) is 27.0. The number of nitrogens with zero attached hydrogens (tertiary/aromatic N) is 1. The van der Waals surface area contributed by atoms with Gasteiger partial charge in [-0.1, -0.05) is 30.3 Å². The van der Waals surface area contributed by atoms with E-state index in [-0.39, 0.29) is 17.9 Å². The lowest BCUT2D eigenvalue weighted by molar-refractivity contribution is -0.137. The third-order valence-corrected chi connectivity index (χ3v) is 4.74. The second-order valence-electron chi connectivity index (χ2n) is 6.27. The third kappa shape index (κ3) is 3.44. The minimum Gasteiger partial charge on any atom is -0.379 e. The molecule has 21 heavy (non-hydrogen) atoms. The molecule has 1 aromatic rings. The van der Waals surface area contributed by atoms with Crippen molar-refractivity contribution in [3.05, 3.63) is 35.9 Å². The second-order valence-corrected chi connectivity index (χ2v) is 6.27. The predicted octanol–water partition coefficient (Wildman–Crippen LogP) is 1.44. The van der Waals surface area contributed by atoms with Gasteiger partial charge in [0.05, 0.1) is 19.1 Å². The Morgan fingerprint density at radius 3 is 2.52 bits per heavy atom. The molecule has 0 aliphatic carbocycles. The number of nitrogens with two attached hydrogens (primary N) is 1. The summed E-state index contributed by atoms with van der Waals surface area (Å²) in [6, 6.07) is 10.5. The standard InChI is InChI=1S/C17H24N2O2/c18-16-12-21-11-15(16)17(20)19-8-6-14(7-9-19)10-13-4-2-1-3-5-13/h1-5,14-16H,6-12,18H2. The van der Waals surface area contributed by atoms with Gasteiger partial charge in [0.1, 0.15) is 0 Å². The van der Waals surface area contributed by atoms with Crippen LogP contribution in [0.3, 0.4) is 0 Å². The molecule has 2 heterocycles. The molecule has 1 aromatic carbocycles. The Morgan fingerprint density at radius 2 is 1.90 bits per heavy atom. The average Bonchev–Trinajstić information content (AvgIpc) is 2.94. The molecule has 2 aliphatic heterocycles. The summed E-state index contributed by atoms with van der Waals surface area (Å²) in [5, 5.41) is 0. The van der Waals surface area contributed by atoms with Gasteiger partial charge in [0, 0.05) is 19.1 Å². The third-order valence-electron chi connectivity index (χ3n) is 4.74. The first-order chi connectivity index (χ1) is 10.2. The highest BCUT2D eigenvalue weighted by atomic mass is 16.5. The topological polar surface area (TPSA) is 55.6 Å². The van der Waals surface area contributed by atoms with Gasteiger partial charge in [0.25, 0.3) is 0 Å². The number of hydrogen-bond donors (Lipinski definition) is 1.